The summed E-state index contributed by atoms with van der Waals surface area (Å²) in [6.07, 6.45) is 8.50. The van der Waals surface area contributed by atoms with Gasteiger partial charge in [0.25, 0.3) is 0 Å². The van der Waals surface area contributed by atoms with E-state index in [1.165, 1.54) is 58.8 Å². The average molecular weight is 280 g/mol. The van der Waals surface area contributed by atoms with Crippen molar-refractivity contribution < 1.29 is 9.53 Å². The minimum atomic E-state index is -0.0718. The maximum Gasteiger partial charge on any atom is 0.305 e. The zero-order valence-electron chi connectivity index (χ0n) is 12.7. The fourth-order valence-corrected chi connectivity index (χ4v) is 4.13. The van der Waals surface area contributed by atoms with Crippen LogP contribution in [-0.4, -0.2) is 61.1 Å². The summed E-state index contributed by atoms with van der Waals surface area (Å²) in [6, 6.07) is 1.78. The van der Waals surface area contributed by atoms with E-state index >= 15 is 0 Å². The Balaban J connectivity index is 1.45. The van der Waals surface area contributed by atoms with Crippen LogP contribution in [0.5, 0.6) is 0 Å². The maximum atomic E-state index is 11.2. The van der Waals surface area contributed by atoms with Crippen LogP contribution >= 0.6 is 0 Å². The molecule has 0 amide bonds. The molecule has 0 N–H and O–H groups in total. The van der Waals surface area contributed by atoms with E-state index in [9.17, 15) is 4.79 Å². The number of ether oxygens (including phenoxy) is 1. The van der Waals surface area contributed by atoms with Gasteiger partial charge in [-0.1, -0.05) is 0 Å². The molecule has 1 aliphatic carbocycles. The minimum absolute atomic E-state index is 0.0718. The first-order chi connectivity index (χ1) is 9.78. The first kappa shape index (κ1) is 14.3. The molecule has 3 aliphatic rings. The van der Waals surface area contributed by atoms with E-state index < -0.39 is 0 Å². The number of esters is 1. The average Bonchev–Trinajstić information content (AvgIpc) is 3.30. The van der Waals surface area contributed by atoms with E-state index in [0.29, 0.717) is 6.42 Å². The van der Waals surface area contributed by atoms with E-state index in [0.717, 1.165) is 31.0 Å². The van der Waals surface area contributed by atoms with Crippen molar-refractivity contribution in [3.8, 4) is 0 Å². The highest BCUT2D eigenvalue weighted by atomic mass is 16.5. The summed E-state index contributed by atoms with van der Waals surface area (Å²) in [5.74, 6) is 0.800. The van der Waals surface area contributed by atoms with Gasteiger partial charge in [-0.2, -0.15) is 0 Å². The largest absolute Gasteiger partial charge is 0.469 e. The van der Waals surface area contributed by atoms with Crippen LogP contribution in [0, 0.1) is 5.92 Å². The van der Waals surface area contributed by atoms with Gasteiger partial charge in [-0.3, -0.25) is 9.69 Å². The third-order valence-corrected chi connectivity index (χ3v) is 5.29. The lowest BCUT2D eigenvalue weighted by Crippen LogP contribution is -2.54. The van der Waals surface area contributed by atoms with E-state index in [2.05, 4.69) is 9.80 Å². The standard InChI is InChI=1S/C16H28N2O2/c1-20-16(19)5-3-9-17-11-8-15-13(12-17)4-2-10-18(15)14-6-7-14/h13-15H,2-12H2,1H3/t13-,15+/m0/s1. The lowest BCUT2D eigenvalue weighted by atomic mass is 9.83. The molecule has 1 saturated carbocycles. The molecule has 0 radical (unpaired) electrons. The van der Waals surface area contributed by atoms with Gasteiger partial charge in [-0.25, -0.2) is 0 Å². The molecule has 2 heterocycles. The van der Waals surface area contributed by atoms with Crippen molar-refractivity contribution in [1.82, 2.24) is 9.80 Å². The summed E-state index contributed by atoms with van der Waals surface area (Å²) >= 11 is 0. The summed E-state index contributed by atoms with van der Waals surface area (Å²) in [5, 5.41) is 0. The molecule has 0 aromatic rings. The Hall–Kier alpha value is -0.610. The Bertz CT molecular complexity index is 343. The van der Waals surface area contributed by atoms with Crippen LogP contribution in [0.25, 0.3) is 0 Å². The molecular formula is C16H28N2O2. The molecule has 2 aliphatic heterocycles. The van der Waals surface area contributed by atoms with Crippen molar-refractivity contribution in [3.63, 3.8) is 0 Å². The minimum Gasteiger partial charge on any atom is -0.469 e. The van der Waals surface area contributed by atoms with E-state index in [1.54, 1.807) is 0 Å². The summed E-state index contributed by atoms with van der Waals surface area (Å²) in [6.45, 7) is 4.86. The number of fused-ring (bicyclic) bond motifs is 1. The van der Waals surface area contributed by atoms with Gasteiger partial charge < -0.3 is 9.64 Å². The Kier molecular flexibility index (Phi) is 4.61. The Labute approximate surface area is 122 Å². The molecule has 4 heteroatoms. The van der Waals surface area contributed by atoms with Crippen LogP contribution in [0.1, 0.15) is 44.9 Å². The number of likely N-dealkylation sites (tertiary alicyclic amines) is 2. The molecular weight excluding hydrogens is 252 g/mol. The summed E-state index contributed by atoms with van der Waals surface area (Å²) < 4.78 is 4.71. The molecule has 2 atom stereocenters. The van der Waals surface area contributed by atoms with Crippen molar-refractivity contribution in [3.05, 3.63) is 0 Å². The molecule has 0 unspecified atom stereocenters. The van der Waals surface area contributed by atoms with Gasteiger partial charge in [0.15, 0.2) is 0 Å². The number of piperidine rings is 2. The van der Waals surface area contributed by atoms with Gasteiger partial charge in [0, 0.05) is 25.0 Å². The van der Waals surface area contributed by atoms with Gasteiger partial charge in [0.2, 0.25) is 0 Å². The molecule has 4 nitrogen and oxygen atoms in total. The summed E-state index contributed by atoms with van der Waals surface area (Å²) in [5.41, 5.74) is 0. The predicted molar refractivity (Wildman–Crippen MR) is 78.5 cm³/mol. The normalized spacial score (nSPS) is 31.9. The molecule has 20 heavy (non-hydrogen) atoms. The third kappa shape index (κ3) is 3.34. The molecule has 114 valence electrons. The van der Waals surface area contributed by atoms with Gasteiger partial charge in [-0.15, -0.1) is 0 Å². The molecule has 0 spiro atoms. The lowest BCUT2D eigenvalue weighted by Gasteiger charge is -2.47. The molecule has 3 rings (SSSR count). The van der Waals surface area contributed by atoms with Crippen LogP contribution in [0.2, 0.25) is 0 Å². The highest BCUT2D eigenvalue weighted by molar-refractivity contribution is 5.69. The van der Waals surface area contributed by atoms with Crippen LogP contribution in [0.4, 0.5) is 0 Å². The Morgan fingerprint density at radius 3 is 2.80 bits per heavy atom. The molecule has 3 fully saturated rings. The van der Waals surface area contributed by atoms with Crippen molar-refractivity contribution in [2.75, 3.05) is 33.3 Å². The first-order valence-corrected chi connectivity index (χ1v) is 8.33. The Morgan fingerprint density at radius 1 is 1.20 bits per heavy atom. The van der Waals surface area contributed by atoms with Crippen LogP contribution in [-0.2, 0) is 9.53 Å². The van der Waals surface area contributed by atoms with Crippen LogP contribution in [0.3, 0.4) is 0 Å². The molecule has 0 bridgehead atoms. The van der Waals surface area contributed by atoms with E-state index in [4.69, 9.17) is 4.74 Å². The monoisotopic (exact) mass is 280 g/mol. The second kappa shape index (κ2) is 6.44. The fourth-order valence-electron chi connectivity index (χ4n) is 4.13. The summed E-state index contributed by atoms with van der Waals surface area (Å²) in [4.78, 5) is 16.5. The highest BCUT2D eigenvalue weighted by Crippen LogP contribution is 2.38. The zero-order valence-corrected chi connectivity index (χ0v) is 12.7. The quantitative estimate of drug-likeness (QED) is 0.720. The van der Waals surface area contributed by atoms with Crippen molar-refractivity contribution in [2.45, 2.75) is 57.0 Å². The van der Waals surface area contributed by atoms with Gasteiger partial charge >= 0.3 is 5.97 Å². The first-order valence-electron chi connectivity index (χ1n) is 8.33. The molecule has 0 aromatic heterocycles. The zero-order chi connectivity index (χ0) is 13.9. The van der Waals surface area contributed by atoms with Gasteiger partial charge in [0.1, 0.15) is 0 Å². The second-order valence-electron chi connectivity index (χ2n) is 6.71. The fraction of sp³-hybridized carbons (Fsp3) is 0.938. The number of carbonyl (C=O) groups excluding carboxylic acids is 1. The number of rotatable bonds is 5. The number of hydrogen-bond acceptors (Lipinski definition) is 4. The number of methoxy groups -OCH3 is 1. The smallest absolute Gasteiger partial charge is 0.305 e. The predicted octanol–water partition coefficient (Wildman–Crippen LogP) is 1.89. The molecule has 2 saturated heterocycles. The van der Waals surface area contributed by atoms with Crippen molar-refractivity contribution >= 4 is 5.97 Å². The van der Waals surface area contributed by atoms with Crippen LogP contribution < -0.4 is 0 Å². The van der Waals surface area contributed by atoms with E-state index in [-0.39, 0.29) is 5.97 Å². The van der Waals surface area contributed by atoms with Crippen LogP contribution in [0.15, 0.2) is 0 Å². The molecule has 0 aromatic carbocycles. The summed E-state index contributed by atoms with van der Waals surface area (Å²) in [7, 11) is 1.47. The SMILES string of the molecule is COC(=O)CCCN1CC[C@@H]2[C@@H](CCCN2C2CC2)C1. The highest BCUT2D eigenvalue weighted by Gasteiger charge is 2.41. The van der Waals surface area contributed by atoms with E-state index in [1.807, 2.05) is 0 Å². The van der Waals surface area contributed by atoms with Gasteiger partial charge in [-0.05, 0) is 64.1 Å². The Morgan fingerprint density at radius 2 is 2.05 bits per heavy atom. The maximum absolute atomic E-state index is 11.2. The van der Waals surface area contributed by atoms with Crippen molar-refractivity contribution in [2.24, 2.45) is 5.92 Å². The van der Waals surface area contributed by atoms with Crippen molar-refractivity contribution in [1.29, 1.82) is 0 Å². The second-order valence-corrected chi connectivity index (χ2v) is 6.71. The topological polar surface area (TPSA) is 32.8 Å². The van der Waals surface area contributed by atoms with Gasteiger partial charge in [0.05, 0.1) is 7.11 Å². The number of hydrogen-bond donors (Lipinski definition) is 0. The number of carbonyl (C=O) groups is 1. The third-order valence-electron chi connectivity index (χ3n) is 5.29. The lowest BCUT2D eigenvalue weighted by molar-refractivity contribution is -0.140. The number of nitrogens with zero attached hydrogens (tertiary/aromatic N) is 2.